The highest BCUT2D eigenvalue weighted by atomic mass is 32.2. The molecule has 1 aliphatic heterocycles. The average molecular weight is 448 g/mol. The number of ether oxygens (including phenoxy) is 1. The summed E-state index contributed by atoms with van der Waals surface area (Å²) in [6, 6.07) is 7.34. The Balaban J connectivity index is 1.54. The Bertz CT molecular complexity index is 1040. The molecule has 3 heterocycles. The number of carbonyl (C=O) groups excluding carboxylic acids is 1. The fraction of sp³-hybridized carbons (Fsp3) is 0.350. The molecular formula is C20H23N4O2S3+. The first-order valence-electron chi connectivity index (χ1n) is 9.31. The van der Waals surface area contributed by atoms with Crippen LogP contribution in [0.15, 0.2) is 34.4 Å². The van der Waals surface area contributed by atoms with Crippen molar-refractivity contribution >= 4 is 56.7 Å². The van der Waals surface area contributed by atoms with E-state index in [0.717, 1.165) is 51.3 Å². The first-order chi connectivity index (χ1) is 14.1. The average Bonchev–Trinajstić information content (AvgIpc) is 3.09. The Morgan fingerprint density at radius 2 is 2.10 bits per heavy atom. The van der Waals surface area contributed by atoms with Crippen LogP contribution in [0.2, 0.25) is 0 Å². The Morgan fingerprint density at radius 3 is 2.83 bits per heavy atom. The van der Waals surface area contributed by atoms with Gasteiger partial charge < -0.3 is 15.0 Å². The third-order valence-electron chi connectivity index (χ3n) is 4.84. The molecule has 1 atom stereocenters. The van der Waals surface area contributed by atoms with Crippen LogP contribution < -0.4 is 15.0 Å². The Kier molecular flexibility index (Phi) is 6.29. The summed E-state index contributed by atoms with van der Waals surface area (Å²) in [5.41, 5.74) is 2.13. The van der Waals surface area contributed by atoms with Gasteiger partial charge in [-0.25, -0.2) is 9.97 Å². The van der Waals surface area contributed by atoms with E-state index in [9.17, 15) is 4.79 Å². The predicted octanol–water partition coefficient (Wildman–Crippen LogP) is 2.72. The maximum absolute atomic E-state index is 12.5. The normalized spacial score (nSPS) is 15.9. The maximum Gasteiger partial charge on any atom is 0.234 e. The van der Waals surface area contributed by atoms with Gasteiger partial charge in [0.25, 0.3) is 0 Å². The Labute approximate surface area is 182 Å². The summed E-state index contributed by atoms with van der Waals surface area (Å²) in [6.07, 6.45) is 3.02. The van der Waals surface area contributed by atoms with Crippen LogP contribution in [0, 0.1) is 0 Å². The molecule has 2 N–H and O–H groups in total. The molecule has 1 amide bonds. The lowest BCUT2D eigenvalue weighted by Crippen LogP contribution is -3.08. The van der Waals surface area contributed by atoms with Crippen molar-refractivity contribution in [2.24, 2.45) is 0 Å². The lowest BCUT2D eigenvalue weighted by molar-refractivity contribution is -0.895. The van der Waals surface area contributed by atoms with E-state index in [1.807, 2.05) is 30.5 Å². The number of likely N-dealkylation sites (N-methyl/N-ethyl adjacent to an activating group) is 1. The monoisotopic (exact) mass is 447 g/mol. The largest absolute Gasteiger partial charge is 0.497 e. The predicted molar refractivity (Wildman–Crippen MR) is 121 cm³/mol. The quantitative estimate of drug-likeness (QED) is 0.344. The van der Waals surface area contributed by atoms with Gasteiger partial charge in [-0.05, 0) is 36.1 Å². The van der Waals surface area contributed by atoms with Gasteiger partial charge in [0.15, 0.2) is 5.16 Å². The number of nitrogens with zero attached hydrogens (tertiary/aromatic N) is 2. The molecule has 29 heavy (non-hydrogen) atoms. The van der Waals surface area contributed by atoms with E-state index < -0.39 is 0 Å². The number of anilines is 1. The molecule has 1 aromatic carbocycles. The number of fused-ring (bicyclic) bond motifs is 3. The van der Waals surface area contributed by atoms with E-state index in [0.29, 0.717) is 5.75 Å². The second-order valence-electron chi connectivity index (χ2n) is 6.90. The second kappa shape index (κ2) is 8.91. The highest BCUT2D eigenvalue weighted by Crippen LogP contribution is 2.38. The van der Waals surface area contributed by atoms with E-state index in [-0.39, 0.29) is 5.91 Å². The number of thiophene rings is 1. The number of benzene rings is 1. The zero-order valence-corrected chi connectivity index (χ0v) is 19.0. The summed E-state index contributed by atoms with van der Waals surface area (Å²) >= 11 is 4.81. The Morgan fingerprint density at radius 1 is 1.31 bits per heavy atom. The number of quaternary nitrogens is 1. The van der Waals surface area contributed by atoms with Gasteiger partial charge in [-0.2, -0.15) is 0 Å². The van der Waals surface area contributed by atoms with Crippen molar-refractivity contribution in [3.05, 3.63) is 34.7 Å². The van der Waals surface area contributed by atoms with Gasteiger partial charge in [0, 0.05) is 17.5 Å². The minimum atomic E-state index is -0.0501. The van der Waals surface area contributed by atoms with Crippen molar-refractivity contribution in [1.82, 2.24) is 9.97 Å². The van der Waals surface area contributed by atoms with Crippen LogP contribution in [0.5, 0.6) is 5.75 Å². The minimum Gasteiger partial charge on any atom is -0.497 e. The lowest BCUT2D eigenvalue weighted by Gasteiger charge is -2.19. The van der Waals surface area contributed by atoms with Crippen molar-refractivity contribution in [2.75, 3.05) is 38.0 Å². The molecule has 3 aromatic rings. The maximum atomic E-state index is 12.5. The molecular weight excluding hydrogens is 424 g/mol. The molecule has 9 heteroatoms. The number of hydrogen-bond acceptors (Lipinski definition) is 7. The fourth-order valence-corrected chi connectivity index (χ4v) is 6.09. The van der Waals surface area contributed by atoms with Gasteiger partial charge in [-0.3, -0.25) is 4.79 Å². The number of nitrogens with one attached hydrogen (secondary N) is 2. The van der Waals surface area contributed by atoms with E-state index >= 15 is 0 Å². The number of aromatic nitrogens is 2. The molecule has 0 bridgehead atoms. The summed E-state index contributed by atoms with van der Waals surface area (Å²) < 4.78 is 5.15. The zero-order chi connectivity index (χ0) is 20.4. The van der Waals surface area contributed by atoms with Crippen LogP contribution in [-0.2, 0) is 17.8 Å². The van der Waals surface area contributed by atoms with E-state index in [2.05, 4.69) is 12.4 Å². The molecule has 1 unspecified atom stereocenters. The third-order valence-corrected chi connectivity index (χ3v) is 7.49. The van der Waals surface area contributed by atoms with Gasteiger partial charge in [0.2, 0.25) is 5.91 Å². The van der Waals surface area contributed by atoms with Crippen LogP contribution in [0.1, 0.15) is 10.4 Å². The van der Waals surface area contributed by atoms with Crippen molar-refractivity contribution in [3.8, 4) is 5.75 Å². The molecule has 0 saturated carbocycles. The second-order valence-corrected chi connectivity index (χ2v) is 9.72. The molecule has 2 aromatic heterocycles. The lowest BCUT2D eigenvalue weighted by atomic mass is 10.1. The molecule has 0 radical (unpaired) electrons. The number of hydrogen-bond donors (Lipinski definition) is 2. The highest BCUT2D eigenvalue weighted by molar-refractivity contribution is 8.00. The highest BCUT2D eigenvalue weighted by Gasteiger charge is 2.25. The summed E-state index contributed by atoms with van der Waals surface area (Å²) in [7, 11) is 3.85. The van der Waals surface area contributed by atoms with Gasteiger partial charge in [-0.15, -0.1) is 11.3 Å². The van der Waals surface area contributed by atoms with E-state index in [1.165, 1.54) is 38.9 Å². The topological polar surface area (TPSA) is 68.5 Å². The minimum absolute atomic E-state index is 0.0501. The van der Waals surface area contributed by atoms with Crippen LogP contribution in [0.4, 0.5) is 5.69 Å². The van der Waals surface area contributed by atoms with Crippen molar-refractivity contribution in [2.45, 2.75) is 23.1 Å². The van der Waals surface area contributed by atoms with Gasteiger partial charge in [-0.1, -0.05) is 23.5 Å². The smallest absolute Gasteiger partial charge is 0.234 e. The van der Waals surface area contributed by atoms with Gasteiger partial charge >= 0.3 is 0 Å². The number of thioether (sulfide) groups is 2. The Hall–Kier alpha value is -1.81. The van der Waals surface area contributed by atoms with Gasteiger partial charge in [0.05, 0.1) is 31.3 Å². The first kappa shape index (κ1) is 20.5. The molecule has 4 rings (SSSR count). The molecule has 0 fully saturated rings. The first-order valence-corrected chi connectivity index (χ1v) is 12.3. The van der Waals surface area contributed by atoms with Crippen molar-refractivity contribution in [3.63, 3.8) is 0 Å². The number of methoxy groups -OCH3 is 1. The number of carbonyl (C=O) groups is 1. The number of amides is 1. The van der Waals surface area contributed by atoms with E-state index in [1.54, 1.807) is 18.4 Å². The SMILES string of the molecule is COc1ccc(NC(=O)CSc2nc(SC)nc3sc4c(c23)CC[NH+](C)C4)cc1. The third kappa shape index (κ3) is 4.53. The summed E-state index contributed by atoms with van der Waals surface area (Å²) in [5, 5.41) is 5.76. The summed E-state index contributed by atoms with van der Waals surface area (Å²) in [5.74, 6) is 1.02. The van der Waals surface area contributed by atoms with Crippen molar-refractivity contribution in [1.29, 1.82) is 0 Å². The molecule has 0 saturated heterocycles. The van der Waals surface area contributed by atoms with Crippen LogP contribution in [0.25, 0.3) is 10.2 Å². The van der Waals surface area contributed by atoms with Crippen LogP contribution in [0.3, 0.4) is 0 Å². The summed E-state index contributed by atoms with van der Waals surface area (Å²) in [4.78, 5) is 25.9. The zero-order valence-electron chi connectivity index (χ0n) is 16.6. The molecule has 0 spiro atoms. The van der Waals surface area contributed by atoms with Crippen molar-refractivity contribution < 1.29 is 14.4 Å². The standard InChI is InChI=1S/C20H22N4O2S3/c1-24-9-8-14-15(10-24)29-19-17(14)18(22-20(23-19)27-3)28-11-16(25)21-12-4-6-13(26-2)7-5-12/h4-7H,8-11H2,1-3H3,(H,21,25)/p+1. The molecule has 0 aliphatic carbocycles. The fourth-order valence-electron chi connectivity index (χ4n) is 3.36. The van der Waals surface area contributed by atoms with E-state index in [4.69, 9.17) is 14.7 Å². The summed E-state index contributed by atoms with van der Waals surface area (Å²) in [6.45, 7) is 2.15. The molecule has 6 nitrogen and oxygen atoms in total. The molecule has 1 aliphatic rings. The molecule has 152 valence electrons. The van der Waals surface area contributed by atoms with Crippen LogP contribution >= 0.6 is 34.9 Å². The number of rotatable bonds is 6. The van der Waals surface area contributed by atoms with Gasteiger partial charge in [0.1, 0.15) is 22.2 Å². The van der Waals surface area contributed by atoms with Crippen LogP contribution in [-0.4, -0.2) is 48.6 Å².